The molecule has 7 nitrogen and oxygen atoms in total. The summed E-state index contributed by atoms with van der Waals surface area (Å²) in [4.78, 5) is 35.5. The number of hydrogen-bond donors (Lipinski definition) is 1. The molecule has 2 heterocycles. The third-order valence-corrected chi connectivity index (χ3v) is 6.13. The van der Waals surface area contributed by atoms with Gasteiger partial charge in [-0.05, 0) is 42.0 Å². The number of hydrogen-bond acceptors (Lipinski definition) is 6. The topological polar surface area (TPSA) is 92.1 Å². The number of fused-ring (bicyclic) bond motifs is 1. The van der Waals surface area contributed by atoms with E-state index < -0.39 is 5.97 Å². The van der Waals surface area contributed by atoms with Crippen LogP contribution in [0.4, 0.5) is 5.13 Å². The number of rotatable bonds is 5. The van der Waals surface area contributed by atoms with Gasteiger partial charge in [0.05, 0.1) is 22.9 Å². The summed E-state index contributed by atoms with van der Waals surface area (Å²) < 4.78 is 5.87. The first-order chi connectivity index (χ1) is 16.0. The maximum absolute atomic E-state index is 13.5. The second-order valence-electron chi connectivity index (χ2n) is 7.23. The molecule has 0 bridgehead atoms. The molecule has 0 radical (unpaired) electrons. The molecule has 0 atom stereocenters. The van der Waals surface area contributed by atoms with Crippen LogP contribution in [0, 0.1) is 0 Å². The van der Waals surface area contributed by atoms with Crippen LogP contribution in [0.2, 0.25) is 0 Å². The minimum atomic E-state index is -1.01. The van der Waals surface area contributed by atoms with Crippen molar-refractivity contribution in [2.45, 2.75) is 0 Å². The number of carboxylic acids is 1. The first kappa shape index (κ1) is 20.6. The number of carboxylic acid groups (broad SMARTS) is 1. The van der Waals surface area contributed by atoms with Gasteiger partial charge in [0.25, 0.3) is 5.91 Å². The van der Waals surface area contributed by atoms with Crippen LogP contribution in [0.5, 0.6) is 5.75 Å². The maximum Gasteiger partial charge on any atom is 0.335 e. The molecule has 1 N–H and O–H groups in total. The van der Waals surface area contributed by atoms with Gasteiger partial charge in [-0.2, -0.15) is 0 Å². The summed E-state index contributed by atoms with van der Waals surface area (Å²) in [6.45, 7) is 0. The Kier molecular flexibility index (Phi) is 5.20. The van der Waals surface area contributed by atoms with E-state index in [9.17, 15) is 14.7 Å². The number of anilines is 1. The number of aliphatic imine (C=N–C) groups is 1. The van der Waals surface area contributed by atoms with E-state index in [4.69, 9.17) is 4.74 Å². The second-order valence-corrected chi connectivity index (χ2v) is 8.24. The van der Waals surface area contributed by atoms with Gasteiger partial charge in [0, 0.05) is 5.56 Å². The minimum absolute atomic E-state index is 0.169. The lowest BCUT2D eigenvalue weighted by atomic mass is 10.2. The predicted molar refractivity (Wildman–Crippen MR) is 128 cm³/mol. The van der Waals surface area contributed by atoms with Crippen molar-refractivity contribution < 1.29 is 19.4 Å². The molecule has 0 saturated heterocycles. The number of ether oxygens (including phenoxy) is 1. The molecule has 1 aliphatic heterocycles. The molecule has 0 spiro atoms. The summed E-state index contributed by atoms with van der Waals surface area (Å²) in [7, 11) is 1.60. The van der Waals surface area contributed by atoms with E-state index in [0.717, 1.165) is 16.9 Å². The van der Waals surface area contributed by atoms with Crippen LogP contribution in [-0.4, -0.2) is 34.9 Å². The number of amides is 1. The van der Waals surface area contributed by atoms with Gasteiger partial charge in [-0.1, -0.05) is 53.8 Å². The molecular formula is C25H17N3O4S. The van der Waals surface area contributed by atoms with Crippen molar-refractivity contribution >= 4 is 50.5 Å². The van der Waals surface area contributed by atoms with Crippen LogP contribution in [0.3, 0.4) is 0 Å². The number of carbonyl (C=O) groups excluding carboxylic acids is 1. The molecule has 162 valence electrons. The zero-order valence-corrected chi connectivity index (χ0v) is 18.2. The van der Waals surface area contributed by atoms with Crippen LogP contribution >= 0.6 is 11.3 Å². The van der Waals surface area contributed by atoms with Gasteiger partial charge in [0.1, 0.15) is 17.3 Å². The van der Waals surface area contributed by atoms with Gasteiger partial charge in [-0.25, -0.2) is 19.7 Å². The number of aromatic carboxylic acids is 1. The van der Waals surface area contributed by atoms with Crippen LogP contribution in [0.25, 0.3) is 16.3 Å². The van der Waals surface area contributed by atoms with Crippen molar-refractivity contribution in [2.75, 3.05) is 12.0 Å². The molecule has 0 saturated carbocycles. The Labute approximate surface area is 192 Å². The molecule has 5 rings (SSSR count). The smallest absolute Gasteiger partial charge is 0.335 e. The fraction of sp³-hybridized carbons (Fsp3) is 0.0400. The molecule has 8 heteroatoms. The lowest BCUT2D eigenvalue weighted by Gasteiger charge is -2.14. The first-order valence-electron chi connectivity index (χ1n) is 10.0. The van der Waals surface area contributed by atoms with E-state index >= 15 is 0 Å². The van der Waals surface area contributed by atoms with E-state index in [1.165, 1.54) is 22.3 Å². The number of amidine groups is 1. The number of carbonyl (C=O) groups is 2. The Morgan fingerprint density at radius 2 is 1.82 bits per heavy atom. The standard InChI is InChI=1S/C25H17N3O4S/c1-32-18-10-7-15(8-11-18)13-20-23(29)28(22(26-20)16-5-3-2-4-6-16)25-27-19-12-9-17(24(30)31)14-21(19)33-25/h2-14H,1H3,(H,30,31). The lowest BCUT2D eigenvalue weighted by Crippen LogP contribution is -2.32. The monoisotopic (exact) mass is 455 g/mol. The van der Waals surface area contributed by atoms with Crippen molar-refractivity contribution in [3.05, 3.63) is 95.2 Å². The van der Waals surface area contributed by atoms with Crippen molar-refractivity contribution in [1.82, 2.24) is 4.98 Å². The Morgan fingerprint density at radius 1 is 1.06 bits per heavy atom. The number of thiazole rings is 1. The predicted octanol–water partition coefficient (Wildman–Crippen LogP) is 4.84. The molecule has 1 aromatic heterocycles. The highest BCUT2D eigenvalue weighted by Gasteiger charge is 2.34. The summed E-state index contributed by atoms with van der Waals surface area (Å²) in [6.07, 6.45) is 1.72. The number of benzene rings is 3. The summed E-state index contributed by atoms with van der Waals surface area (Å²) in [5.74, 6) is -0.124. The Bertz CT molecular complexity index is 1440. The normalized spacial score (nSPS) is 14.7. The van der Waals surface area contributed by atoms with Crippen LogP contribution in [0.15, 0.2) is 83.5 Å². The van der Waals surface area contributed by atoms with Crippen molar-refractivity contribution in [3.63, 3.8) is 0 Å². The van der Waals surface area contributed by atoms with Gasteiger partial charge in [0.15, 0.2) is 5.13 Å². The highest BCUT2D eigenvalue weighted by molar-refractivity contribution is 7.22. The highest BCUT2D eigenvalue weighted by atomic mass is 32.1. The SMILES string of the molecule is COc1ccc(C=C2N=C(c3ccccc3)N(c3nc4ccc(C(=O)O)cc4s3)C2=O)cc1. The summed E-state index contributed by atoms with van der Waals surface area (Å²) in [5, 5.41) is 9.72. The van der Waals surface area contributed by atoms with Crippen LogP contribution in [0.1, 0.15) is 21.5 Å². The molecule has 3 aromatic carbocycles. The summed E-state index contributed by atoms with van der Waals surface area (Å²) >= 11 is 1.25. The van der Waals surface area contributed by atoms with E-state index in [-0.39, 0.29) is 17.2 Å². The number of aromatic nitrogens is 1. The molecule has 1 aliphatic rings. The van der Waals surface area contributed by atoms with Crippen molar-refractivity contribution in [2.24, 2.45) is 4.99 Å². The molecule has 4 aromatic rings. The Balaban J connectivity index is 1.60. The molecule has 0 aliphatic carbocycles. The number of methoxy groups -OCH3 is 1. The molecule has 0 fully saturated rings. The Hall–Kier alpha value is -4.30. The van der Waals surface area contributed by atoms with E-state index in [2.05, 4.69) is 9.98 Å². The summed E-state index contributed by atoms with van der Waals surface area (Å²) in [6, 6.07) is 21.5. The highest BCUT2D eigenvalue weighted by Crippen LogP contribution is 2.34. The molecule has 33 heavy (non-hydrogen) atoms. The molecule has 0 unspecified atom stereocenters. The van der Waals surface area contributed by atoms with Gasteiger partial charge in [-0.3, -0.25) is 4.79 Å². The van der Waals surface area contributed by atoms with E-state index in [0.29, 0.717) is 21.2 Å². The largest absolute Gasteiger partial charge is 0.497 e. The third kappa shape index (κ3) is 3.88. The number of nitrogens with zero attached hydrogens (tertiary/aromatic N) is 3. The fourth-order valence-corrected chi connectivity index (χ4v) is 4.48. The van der Waals surface area contributed by atoms with Crippen LogP contribution in [-0.2, 0) is 4.79 Å². The average Bonchev–Trinajstić information content (AvgIpc) is 3.40. The third-order valence-electron chi connectivity index (χ3n) is 5.13. The average molecular weight is 455 g/mol. The van der Waals surface area contributed by atoms with E-state index in [1.807, 2.05) is 54.6 Å². The summed E-state index contributed by atoms with van der Waals surface area (Å²) in [5.41, 5.74) is 2.65. The molecule has 1 amide bonds. The van der Waals surface area contributed by atoms with Crippen molar-refractivity contribution in [3.8, 4) is 5.75 Å². The quantitative estimate of drug-likeness (QED) is 0.435. The molecular weight excluding hydrogens is 438 g/mol. The first-order valence-corrected chi connectivity index (χ1v) is 10.8. The van der Waals surface area contributed by atoms with Crippen LogP contribution < -0.4 is 9.64 Å². The van der Waals surface area contributed by atoms with Crippen molar-refractivity contribution in [1.29, 1.82) is 0 Å². The fourth-order valence-electron chi connectivity index (χ4n) is 3.47. The minimum Gasteiger partial charge on any atom is -0.497 e. The van der Waals surface area contributed by atoms with Gasteiger partial charge >= 0.3 is 5.97 Å². The van der Waals surface area contributed by atoms with Gasteiger partial charge in [-0.15, -0.1) is 0 Å². The van der Waals surface area contributed by atoms with Gasteiger partial charge in [0.2, 0.25) is 0 Å². The second kappa shape index (κ2) is 8.33. The maximum atomic E-state index is 13.5. The zero-order valence-electron chi connectivity index (χ0n) is 17.4. The lowest BCUT2D eigenvalue weighted by molar-refractivity contribution is -0.113. The van der Waals surface area contributed by atoms with Gasteiger partial charge < -0.3 is 9.84 Å². The van der Waals surface area contributed by atoms with E-state index in [1.54, 1.807) is 25.3 Å². The Morgan fingerprint density at radius 3 is 2.52 bits per heavy atom. The zero-order chi connectivity index (χ0) is 22.9.